The molecular formula is C24H24N4O3S2. The maximum Gasteiger partial charge on any atom is 0.285 e. The van der Waals surface area contributed by atoms with Crippen molar-refractivity contribution in [1.29, 1.82) is 0 Å². The molecule has 2 atom stereocenters. The second-order valence-corrected chi connectivity index (χ2v) is 11.5. The van der Waals surface area contributed by atoms with Crippen LogP contribution < -0.4 is 0 Å². The van der Waals surface area contributed by atoms with E-state index in [4.69, 9.17) is 4.98 Å². The molecule has 9 heteroatoms. The van der Waals surface area contributed by atoms with Crippen LogP contribution in [0.4, 0.5) is 0 Å². The summed E-state index contributed by atoms with van der Waals surface area (Å²) in [5.41, 5.74) is 1.62. The summed E-state index contributed by atoms with van der Waals surface area (Å²) in [6, 6.07) is 14.7. The van der Waals surface area contributed by atoms with Crippen LogP contribution in [0, 0.1) is 0 Å². The molecule has 2 aromatic carbocycles. The lowest BCUT2D eigenvalue weighted by Gasteiger charge is -2.36. The maximum atomic E-state index is 13.7. The molecule has 0 spiro atoms. The fraction of sp³-hybridized carbons (Fsp3) is 0.375. The van der Waals surface area contributed by atoms with E-state index in [1.807, 2.05) is 34.1 Å². The molecule has 0 radical (unpaired) electrons. The largest absolute Gasteiger partial charge is 0.343 e. The number of fused-ring (bicyclic) bond motifs is 2. The number of piperidine rings is 1. The van der Waals surface area contributed by atoms with E-state index in [-0.39, 0.29) is 22.8 Å². The highest BCUT2D eigenvalue weighted by molar-refractivity contribution is 7.90. The highest BCUT2D eigenvalue weighted by Gasteiger charge is 2.41. The Kier molecular flexibility index (Phi) is 4.99. The van der Waals surface area contributed by atoms with Gasteiger partial charge in [0.25, 0.3) is 10.0 Å². The minimum atomic E-state index is -3.71. The van der Waals surface area contributed by atoms with E-state index in [9.17, 15) is 13.2 Å². The number of hydrogen-bond acceptors (Lipinski definition) is 6. The molecule has 2 unspecified atom stereocenters. The standard InChI is InChI=1S/C24H24N4O3S2/c29-24(27-13-5-7-16(15-27)23-25-18-9-2-3-11-20(18)32-23)19-10-6-14-28(19)22-17-8-1-4-12-21(17)33(30,31)26-22/h1-4,8-9,11-12,16,19H,5-7,10,13-15H2. The van der Waals surface area contributed by atoms with Gasteiger partial charge in [-0.3, -0.25) is 4.79 Å². The normalized spacial score (nSPS) is 24.2. The molecule has 0 saturated carbocycles. The third kappa shape index (κ3) is 3.54. The van der Waals surface area contributed by atoms with Gasteiger partial charge in [0.05, 0.1) is 15.2 Å². The van der Waals surface area contributed by atoms with Gasteiger partial charge in [-0.15, -0.1) is 15.7 Å². The van der Waals surface area contributed by atoms with Gasteiger partial charge in [-0.25, -0.2) is 4.98 Å². The van der Waals surface area contributed by atoms with Crippen molar-refractivity contribution in [3.63, 3.8) is 0 Å². The Hall–Kier alpha value is -2.78. The average molecular weight is 481 g/mol. The number of rotatable bonds is 2. The molecule has 170 valence electrons. The topological polar surface area (TPSA) is 82.9 Å². The Morgan fingerprint density at radius 1 is 1.00 bits per heavy atom. The van der Waals surface area contributed by atoms with Gasteiger partial charge in [-0.2, -0.15) is 8.42 Å². The first-order chi connectivity index (χ1) is 16.0. The van der Waals surface area contributed by atoms with Gasteiger partial charge in [0.2, 0.25) is 5.91 Å². The van der Waals surface area contributed by atoms with E-state index >= 15 is 0 Å². The van der Waals surface area contributed by atoms with Crippen LogP contribution in [0.25, 0.3) is 10.2 Å². The Bertz CT molecular complexity index is 1350. The van der Waals surface area contributed by atoms with Gasteiger partial charge < -0.3 is 9.80 Å². The summed E-state index contributed by atoms with van der Waals surface area (Å²) in [6.45, 7) is 2.02. The first kappa shape index (κ1) is 20.8. The fourth-order valence-electron chi connectivity index (χ4n) is 5.23. The van der Waals surface area contributed by atoms with Crippen LogP contribution in [0.3, 0.4) is 0 Å². The minimum absolute atomic E-state index is 0.0720. The summed E-state index contributed by atoms with van der Waals surface area (Å²) in [4.78, 5) is 22.6. The third-order valence-electron chi connectivity index (χ3n) is 6.82. The zero-order valence-corrected chi connectivity index (χ0v) is 19.7. The van der Waals surface area contributed by atoms with E-state index in [1.54, 1.807) is 29.5 Å². The number of carbonyl (C=O) groups is 1. The summed E-state index contributed by atoms with van der Waals surface area (Å²) >= 11 is 1.72. The molecule has 1 aromatic heterocycles. The van der Waals surface area contributed by atoms with Crippen LogP contribution in [0.5, 0.6) is 0 Å². The second-order valence-electron chi connectivity index (χ2n) is 8.88. The maximum absolute atomic E-state index is 13.7. The van der Waals surface area contributed by atoms with Crippen LogP contribution in [0.15, 0.2) is 57.8 Å². The fourth-order valence-corrected chi connectivity index (χ4v) is 7.54. The number of likely N-dealkylation sites (tertiary alicyclic amines) is 2. The molecule has 6 rings (SSSR count). The molecule has 33 heavy (non-hydrogen) atoms. The lowest BCUT2D eigenvalue weighted by atomic mass is 9.97. The van der Waals surface area contributed by atoms with Crippen molar-refractivity contribution in [2.75, 3.05) is 19.6 Å². The molecule has 2 fully saturated rings. The number of thiazole rings is 1. The van der Waals surface area contributed by atoms with Gasteiger partial charge in [0, 0.05) is 31.1 Å². The predicted molar refractivity (Wildman–Crippen MR) is 128 cm³/mol. The van der Waals surface area contributed by atoms with Crippen molar-refractivity contribution >= 4 is 43.3 Å². The van der Waals surface area contributed by atoms with E-state index in [2.05, 4.69) is 10.5 Å². The Morgan fingerprint density at radius 3 is 2.67 bits per heavy atom. The zero-order valence-electron chi connectivity index (χ0n) is 18.1. The number of amidine groups is 1. The van der Waals surface area contributed by atoms with Gasteiger partial charge in [-0.1, -0.05) is 24.3 Å². The molecule has 2 saturated heterocycles. The second kappa shape index (κ2) is 7.92. The smallest absolute Gasteiger partial charge is 0.285 e. The lowest BCUT2D eigenvalue weighted by Crippen LogP contribution is -2.50. The summed E-state index contributed by atoms with van der Waals surface area (Å²) in [6.07, 6.45) is 3.52. The summed E-state index contributed by atoms with van der Waals surface area (Å²) in [7, 11) is -3.71. The van der Waals surface area contributed by atoms with E-state index < -0.39 is 10.0 Å². The predicted octanol–water partition coefficient (Wildman–Crippen LogP) is 3.62. The molecule has 0 bridgehead atoms. The number of para-hydroxylation sites is 1. The van der Waals surface area contributed by atoms with E-state index in [0.29, 0.717) is 30.9 Å². The first-order valence-electron chi connectivity index (χ1n) is 11.4. The van der Waals surface area contributed by atoms with Crippen LogP contribution in [0.1, 0.15) is 42.2 Å². The monoisotopic (exact) mass is 480 g/mol. The van der Waals surface area contributed by atoms with E-state index in [0.717, 1.165) is 36.3 Å². The molecule has 0 aliphatic carbocycles. The molecule has 4 heterocycles. The Labute approximate surface area is 196 Å². The van der Waals surface area contributed by atoms with E-state index in [1.165, 1.54) is 4.70 Å². The highest BCUT2D eigenvalue weighted by atomic mass is 32.2. The number of benzene rings is 2. The zero-order chi connectivity index (χ0) is 22.6. The molecule has 7 nitrogen and oxygen atoms in total. The Balaban J connectivity index is 1.25. The van der Waals surface area contributed by atoms with Crippen LogP contribution >= 0.6 is 11.3 Å². The Morgan fingerprint density at radius 2 is 1.79 bits per heavy atom. The molecule has 0 N–H and O–H groups in total. The average Bonchev–Trinajstić information content (AvgIpc) is 3.55. The van der Waals surface area contributed by atoms with Crippen LogP contribution in [-0.4, -0.2) is 60.6 Å². The SMILES string of the molecule is O=C(C1CCCN1C1=NS(=O)(=O)c2ccccc21)N1CCCC(c2nc3ccccc3s2)C1. The van der Waals surface area contributed by atoms with Gasteiger partial charge in [-0.05, 0) is 49.9 Å². The summed E-state index contributed by atoms with van der Waals surface area (Å²) in [5.74, 6) is 0.726. The van der Waals surface area contributed by atoms with Crippen LogP contribution in [0.2, 0.25) is 0 Å². The number of sulfonamides is 1. The molecule has 3 aromatic rings. The summed E-state index contributed by atoms with van der Waals surface area (Å²) < 4.78 is 30.4. The number of amides is 1. The lowest BCUT2D eigenvalue weighted by molar-refractivity contribution is -0.136. The third-order valence-corrected chi connectivity index (χ3v) is 9.34. The molecular weight excluding hydrogens is 456 g/mol. The molecule has 3 aliphatic heterocycles. The van der Waals surface area contributed by atoms with Crippen molar-refractivity contribution in [2.45, 2.75) is 42.5 Å². The first-order valence-corrected chi connectivity index (χ1v) is 13.6. The van der Waals surface area contributed by atoms with Gasteiger partial charge in [0.15, 0.2) is 5.84 Å². The number of hydrogen-bond donors (Lipinski definition) is 0. The van der Waals surface area contributed by atoms with Crippen molar-refractivity contribution in [2.24, 2.45) is 4.40 Å². The van der Waals surface area contributed by atoms with Crippen molar-refractivity contribution in [3.05, 3.63) is 59.1 Å². The quantitative estimate of drug-likeness (QED) is 0.560. The highest BCUT2D eigenvalue weighted by Crippen LogP contribution is 2.35. The summed E-state index contributed by atoms with van der Waals surface area (Å²) in [5, 5.41) is 1.09. The van der Waals surface area contributed by atoms with Crippen molar-refractivity contribution in [3.8, 4) is 0 Å². The number of carbonyl (C=O) groups excluding carboxylic acids is 1. The number of aromatic nitrogens is 1. The number of nitrogens with zero attached hydrogens (tertiary/aromatic N) is 4. The molecule has 1 amide bonds. The van der Waals surface area contributed by atoms with Crippen LogP contribution in [-0.2, 0) is 14.8 Å². The van der Waals surface area contributed by atoms with Crippen molar-refractivity contribution < 1.29 is 13.2 Å². The van der Waals surface area contributed by atoms with Gasteiger partial charge >= 0.3 is 0 Å². The van der Waals surface area contributed by atoms with Gasteiger partial charge in [0.1, 0.15) is 10.9 Å². The van der Waals surface area contributed by atoms with Crippen molar-refractivity contribution in [1.82, 2.24) is 14.8 Å². The minimum Gasteiger partial charge on any atom is -0.343 e. The molecule has 3 aliphatic rings.